The van der Waals surface area contributed by atoms with Crippen molar-refractivity contribution in [1.29, 1.82) is 5.26 Å². The number of aromatic nitrogens is 3. The fourth-order valence-corrected chi connectivity index (χ4v) is 1.90. The lowest BCUT2D eigenvalue weighted by molar-refractivity contribution is 0.0780. The number of hydrogen-bond donors (Lipinski definition) is 1. The third-order valence-electron chi connectivity index (χ3n) is 3.00. The van der Waals surface area contributed by atoms with Gasteiger partial charge in [-0.05, 0) is 25.0 Å². The molecule has 0 spiro atoms. The van der Waals surface area contributed by atoms with E-state index in [0.717, 1.165) is 0 Å². The van der Waals surface area contributed by atoms with Crippen molar-refractivity contribution in [3.8, 4) is 6.07 Å². The molecule has 0 amide bonds. The summed E-state index contributed by atoms with van der Waals surface area (Å²) in [4.78, 5) is 8.40. The quantitative estimate of drug-likeness (QED) is 0.777. The molecule has 6 heteroatoms. The first-order valence-corrected chi connectivity index (χ1v) is 5.72. The van der Waals surface area contributed by atoms with Gasteiger partial charge in [0.1, 0.15) is 11.8 Å². The second-order valence-electron chi connectivity index (χ2n) is 4.34. The summed E-state index contributed by atoms with van der Waals surface area (Å²) in [5.74, 6) is 0. The maximum absolute atomic E-state index is 9.16. The Morgan fingerprint density at radius 1 is 1.50 bits per heavy atom. The lowest BCUT2D eigenvalue weighted by atomic mass is 9.90. The molecule has 1 N–H and O–H groups in total. The highest BCUT2D eigenvalue weighted by Crippen LogP contribution is 2.22. The zero-order chi connectivity index (χ0) is 12.5. The van der Waals surface area contributed by atoms with Crippen LogP contribution in [-0.2, 0) is 0 Å². The molecule has 6 nitrogen and oxygen atoms in total. The average molecular weight is 241 g/mol. The highest BCUT2D eigenvalue weighted by atomic mass is 16.3. The second kappa shape index (κ2) is 4.20. The number of aliphatic hydroxyl groups is 1. The smallest absolute Gasteiger partial charge is 0.162 e. The monoisotopic (exact) mass is 241 g/mol. The number of rotatable bonds is 2. The van der Waals surface area contributed by atoms with Crippen LogP contribution in [0.2, 0.25) is 0 Å². The number of fused-ring (bicyclic) bond motifs is 1. The molecule has 0 atom stereocenters. The molecule has 0 unspecified atom stereocenters. The molecule has 0 bridgehead atoms. The summed E-state index contributed by atoms with van der Waals surface area (Å²) in [6.45, 7) is 0. The van der Waals surface area contributed by atoms with Crippen molar-refractivity contribution in [2.45, 2.75) is 25.0 Å². The van der Waals surface area contributed by atoms with Crippen LogP contribution in [0.3, 0.4) is 0 Å². The molecule has 1 saturated carbocycles. The summed E-state index contributed by atoms with van der Waals surface area (Å²) in [7, 11) is 0. The van der Waals surface area contributed by atoms with Gasteiger partial charge in [-0.1, -0.05) is 0 Å². The van der Waals surface area contributed by atoms with E-state index in [9.17, 15) is 0 Å². The van der Waals surface area contributed by atoms with Gasteiger partial charge in [0.05, 0.1) is 18.3 Å². The SMILES string of the molecule is N#Cc1cnc2ccc(C=NC3CC(O)C3)nn12. The number of nitrogens with zero attached hydrogens (tertiary/aromatic N) is 5. The normalized spacial score (nSPS) is 23.1. The Balaban J connectivity index is 1.86. The van der Waals surface area contributed by atoms with E-state index < -0.39 is 0 Å². The number of aliphatic imine (C=N–C) groups is 1. The standard InChI is InChI=1S/C12H11N5O/c13-5-10-7-15-12-2-1-8(16-17(10)12)6-14-9-3-11(18)4-9/h1-2,6-7,9,11,18H,3-4H2. The predicted molar refractivity (Wildman–Crippen MR) is 64.3 cm³/mol. The lowest BCUT2D eigenvalue weighted by Crippen LogP contribution is -2.31. The van der Waals surface area contributed by atoms with Gasteiger partial charge in [-0.3, -0.25) is 4.99 Å². The van der Waals surface area contributed by atoms with Crippen molar-refractivity contribution in [2.75, 3.05) is 0 Å². The van der Waals surface area contributed by atoms with Gasteiger partial charge in [-0.15, -0.1) is 0 Å². The van der Waals surface area contributed by atoms with E-state index in [0.29, 0.717) is 29.9 Å². The zero-order valence-corrected chi connectivity index (χ0v) is 9.56. The van der Waals surface area contributed by atoms with Gasteiger partial charge in [-0.25, -0.2) is 9.50 Å². The number of hydrogen-bond acceptors (Lipinski definition) is 5. The Bertz CT molecular complexity index is 648. The molecule has 2 aromatic rings. The Labute approximate surface area is 103 Å². The van der Waals surface area contributed by atoms with E-state index >= 15 is 0 Å². The lowest BCUT2D eigenvalue weighted by Gasteiger charge is -2.27. The largest absolute Gasteiger partial charge is 0.393 e. The van der Waals surface area contributed by atoms with Crippen LogP contribution in [0, 0.1) is 11.3 Å². The predicted octanol–water partition coefficient (Wildman–Crippen LogP) is 0.543. The Morgan fingerprint density at radius 2 is 2.33 bits per heavy atom. The van der Waals surface area contributed by atoms with Gasteiger partial charge >= 0.3 is 0 Å². The molecule has 2 aromatic heterocycles. The summed E-state index contributed by atoms with van der Waals surface area (Å²) in [5.41, 5.74) is 1.72. The molecule has 2 heterocycles. The van der Waals surface area contributed by atoms with E-state index in [4.69, 9.17) is 10.4 Å². The van der Waals surface area contributed by atoms with E-state index in [1.54, 1.807) is 12.3 Å². The molecule has 0 aliphatic heterocycles. The van der Waals surface area contributed by atoms with Gasteiger partial charge in [0.15, 0.2) is 11.3 Å². The first-order chi connectivity index (χ1) is 8.76. The molecule has 0 radical (unpaired) electrons. The minimum absolute atomic E-state index is 0.190. The molecule has 3 rings (SSSR count). The third-order valence-corrected chi connectivity index (χ3v) is 3.00. The van der Waals surface area contributed by atoms with Crippen LogP contribution in [0.4, 0.5) is 0 Å². The van der Waals surface area contributed by atoms with Crippen molar-refractivity contribution in [2.24, 2.45) is 4.99 Å². The first-order valence-electron chi connectivity index (χ1n) is 5.72. The zero-order valence-electron chi connectivity index (χ0n) is 9.56. The fraction of sp³-hybridized carbons (Fsp3) is 0.333. The molecule has 1 aliphatic carbocycles. The maximum Gasteiger partial charge on any atom is 0.162 e. The molecule has 1 fully saturated rings. The van der Waals surface area contributed by atoms with Crippen LogP contribution >= 0.6 is 0 Å². The highest BCUT2D eigenvalue weighted by Gasteiger charge is 2.25. The van der Waals surface area contributed by atoms with E-state index in [2.05, 4.69) is 15.1 Å². The van der Waals surface area contributed by atoms with E-state index in [1.807, 2.05) is 12.1 Å². The summed E-state index contributed by atoms with van der Waals surface area (Å²) < 4.78 is 1.50. The van der Waals surface area contributed by atoms with Crippen molar-refractivity contribution in [1.82, 2.24) is 14.6 Å². The fourth-order valence-electron chi connectivity index (χ4n) is 1.90. The van der Waals surface area contributed by atoms with Gasteiger partial charge in [-0.2, -0.15) is 10.4 Å². The summed E-state index contributed by atoms with van der Waals surface area (Å²) >= 11 is 0. The van der Waals surface area contributed by atoms with Crippen LogP contribution in [0.25, 0.3) is 5.65 Å². The molecular weight excluding hydrogens is 230 g/mol. The number of imidazole rings is 1. The Morgan fingerprint density at radius 3 is 3.06 bits per heavy atom. The van der Waals surface area contributed by atoms with Crippen LogP contribution < -0.4 is 0 Å². The van der Waals surface area contributed by atoms with Crippen molar-refractivity contribution in [3.63, 3.8) is 0 Å². The Hall–Kier alpha value is -2.26. The van der Waals surface area contributed by atoms with Gasteiger partial charge < -0.3 is 5.11 Å². The Kier molecular flexibility index (Phi) is 2.54. The first kappa shape index (κ1) is 10.9. The van der Waals surface area contributed by atoms with Crippen LogP contribution in [-0.4, -0.2) is 38.1 Å². The molecular formula is C12H11N5O. The maximum atomic E-state index is 9.16. The topological polar surface area (TPSA) is 86.6 Å². The van der Waals surface area contributed by atoms with Crippen molar-refractivity contribution < 1.29 is 5.11 Å². The molecule has 0 saturated heterocycles. The van der Waals surface area contributed by atoms with Gasteiger partial charge in [0.25, 0.3) is 0 Å². The second-order valence-corrected chi connectivity index (χ2v) is 4.34. The summed E-state index contributed by atoms with van der Waals surface area (Å²) in [6, 6.07) is 5.83. The summed E-state index contributed by atoms with van der Waals surface area (Å²) in [6.07, 6.45) is 4.39. The third kappa shape index (κ3) is 1.85. The highest BCUT2D eigenvalue weighted by molar-refractivity contribution is 5.77. The van der Waals surface area contributed by atoms with Gasteiger partial charge in [0.2, 0.25) is 0 Å². The molecule has 90 valence electrons. The van der Waals surface area contributed by atoms with Crippen LogP contribution in [0.1, 0.15) is 24.2 Å². The van der Waals surface area contributed by atoms with Crippen molar-refractivity contribution in [3.05, 3.63) is 29.7 Å². The molecule has 18 heavy (non-hydrogen) atoms. The van der Waals surface area contributed by atoms with Crippen LogP contribution in [0.5, 0.6) is 0 Å². The van der Waals surface area contributed by atoms with Crippen molar-refractivity contribution >= 4 is 11.9 Å². The number of nitriles is 1. The van der Waals surface area contributed by atoms with E-state index in [-0.39, 0.29) is 12.1 Å². The van der Waals surface area contributed by atoms with E-state index in [1.165, 1.54) is 10.7 Å². The van der Waals surface area contributed by atoms with Crippen LogP contribution in [0.15, 0.2) is 23.3 Å². The molecule has 0 aromatic carbocycles. The minimum atomic E-state index is -0.207. The minimum Gasteiger partial charge on any atom is -0.393 e. The average Bonchev–Trinajstić information content (AvgIpc) is 2.75. The number of aliphatic hydroxyl groups excluding tert-OH is 1. The summed E-state index contributed by atoms with van der Waals surface area (Å²) in [5, 5.41) is 22.3. The van der Waals surface area contributed by atoms with Gasteiger partial charge in [0, 0.05) is 6.21 Å². The molecule has 1 aliphatic rings.